The van der Waals surface area contributed by atoms with Gasteiger partial charge < -0.3 is 15.3 Å². The number of aliphatic hydroxyl groups is 1. The van der Waals surface area contributed by atoms with Crippen molar-refractivity contribution in [3.8, 4) is 0 Å². The Morgan fingerprint density at radius 2 is 1.90 bits per heavy atom. The lowest BCUT2D eigenvalue weighted by Crippen LogP contribution is -2.49. The zero-order valence-corrected chi connectivity index (χ0v) is 12.3. The number of hydrogen-bond acceptors (Lipinski definition) is 3. The summed E-state index contributed by atoms with van der Waals surface area (Å²) in [5.74, 6) is -0.438. The Kier molecular flexibility index (Phi) is 5.33. The maximum atomic E-state index is 12.1. The van der Waals surface area contributed by atoms with E-state index in [4.69, 9.17) is 0 Å². The fourth-order valence-corrected chi connectivity index (χ4v) is 2.70. The summed E-state index contributed by atoms with van der Waals surface area (Å²) in [6, 6.07) is 8.66. The minimum absolute atomic E-state index is 0.0482. The van der Waals surface area contributed by atoms with Crippen molar-refractivity contribution in [2.24, 2.45) is 0 Å². The Bertz CT molecular complexity index is 490. The number of carbonyl (C=O) groups excluding carboxylic acids is 2. The summed E-state index contributed by atoms with van der Waals surface area (Å²) in [5, 5.41) is 12.6. The van der Waals surface area contributed by atoms with E-state index in [2.05, 4.69) is 5.32 Å². The second-order valence-electron chi connectivity index (χ2n) is 5.47. The summed E-state index contributed by atoms with van der Waals surface area (Å²) >= 11 is 0. The first-order valence-corrected chi connectivity index (χ1v) is 7.36. The van der Waals surface area contributed by atoms with Gasteiger partial charge in [0, 0.05) is 12.6 Å². The molecule has 1 aliphatic rings. The molecule has 0 bridgehead atoms. The molecule has 0 aromatic heterocycles. The molecule has 5 heteroatoms. The van der Waals surface area contributed by atoms with Gasteiger partial charge in [-0.1, -0.05) is 31.0 Å². The SMILES string of the molecule is CN(C(=O)CNC(=O)c1ccccc1)C1CCCCC1O. The molecule has 0 spiro atoms. The van der Waals surface area contributed by atoms with E-state index >= 15 is 0 Å². The lowest BCUT2D eigenvalue weighted by atomic mass is 9.91. The molecule has 1 fully saturated rings. The van der Waals surface area contributed by atoms with Crippen molar-refractivity contribution in [1.29, 1.82) is 0 Å². The van der Waals surface area contributed by atoms with Gasteiger partial charge in [-0.15, -0.1) is 0 Å². The number of rotatable bonds is 4. The molecular formula is C16H22N2O3. The smallest absolute Gasteiger partial charge is 0.251 e. The second-order valence-corrected chi connectivity index (χ2v) is 5.47. The third-order valence-electron chi connectivity index (χ3n) is 4.02. The van der Waals surface area contributed by atoms with Gasteiger partial charge in [-0.05, 0) is 25.0 Å². The van der Waals surface area contributed by atoms with Gasteiger partial charge in [-0.2, -0.15) is 0 Å². The first kappa shape index (κ1) is 15.5. The van der Waals surface area contributed by atoms with Crippen LogP contribution in [0, 0.1) is 0 Å². The number of carbonyl (C=O) groups is 2. The molecule has 114 valence electrons. The van der Waals surface area contributed by atoms with Crippen molar-refractivity contribution in [2.75, 3.05) is 13.6 Å². The molecular weight excluding hydrogens is 268 g/mol. The van der Waals surface area contributed by atoms with Crippen LogP contribution in [-0.4, -0.2) is 47.6 Å². The predicted octanol–water partition coefficient (Wildman–Crippen LogP) is 1.18. The highest BCUT2D eigenvalue weighted by Gasteiger charge is 2.29. The third kappa shape index (κ3) is 4.04. The number of amides is 2. The zero-order chi connectivity index (χ0) is 15.2. The minimum Gasteiger partial charge on any atom is -0.391 e. The second kappa shape index (κ2) is 7.22. The van der Waals surface area contributed by atoms with Crippen LogP contribution in [-0.2, 0) is 4.79 Å². The van der Waals surface area contributed by atoms with Gasteiger partial charge in [0.05, 0.1) is 18.7 Å². The number of benzene rings is 1. The maximum absolute atomic E-state index is 12.1. The number of likely N-dealkylation sites (N-methyl/N-ethyl adjacent to an activating group) is 1. The Balaban J connectivity index is 1.85. The minimum atomic E-state index is -0.461. The summed E-state index contributed by atoms with van der Waals surface area (Å²) in [4.78, 5) is 25.6. The largest absolute Gasteiger partial charge is 0.391 e. The average molecular weight is 290 g/mol. The monoisotopic (exact) mass is 290 g/mol. The fraction of sp³-hybridized carbons (Fsp3) is 0.500. The molecule has 0 aliphatic heterocycles. The van der Waals surface area contributed by atoms with E-state index < -0.39 is 6.10 Å². The van der Waals surface area contributed by atoms with Gasteiger partial charge in [0.25, 0.3) is 5.91 Å². The Morgan fingerprint density at radius 3 is 2.57 bits per heavy atom. The van der Waals surface area contributed by atoms with Crippen LogP contribution >= 0.6 is 0 Å². The lowest BCUT2D eigenvalue weighted by Gasteiger charge is -2.35. The third-order valence-corrected chi connectivity index (χ3v) is 4.02. The lowest BCUT2D eigenvalue weighted by molar-refractivity contribution is -0.134. The zero-order valence-electron chi connectivity index (χ0n) is 12.3. The highest BCUT2D eigenvalue weighted by atomic mass is 16.3. The molecule has 2 atom stereocenters. The van der Waals surface area contributed by atoms with Crippen LogP contribution in [0.1, 0.15) is 36.0 Å². The quantitative estimate of drug-likeness (QED) is 0.875. The molecule has 21 heavy (non-hydrogen) atoms. The highest BCUT2D eigenvalue weighted by Crippen LogP contribution is 2.22. The van der Waals surface area contributed by atoms with E-state index in [0.717, 1.165) is 25.7 Å². The van der Waals surface area contributed by atoms with Crippen molar-refractivity contribution >= 4 is 11.8 Å². The first-order valence-electron chi connectivity index (χ1n) is 7.36. The summed E-state index contributed by atoms with van der Waals surface area (Å²) in [5.41, 5.74) is 0.533. The van der Waals surface area contributed by atoms with Gasteiger partial charge >= 0.3 is 0 Å². The van der Waals surface area contributed by atoms with Gasteiger partial charge in [-0.25, -0.2) is 0 Å². The highest BCUT2D eigenvalue weighted by molar-refractivity contribution is 5.96. The topological polar surface area (TPSA) is 69.6 Å². The molecule has 2 rings (SSSR count). The van der Waals surface area contributed by atoms with Gasteiger partial charge in [0.2, 0.25) is 5.91 Å². The van der Waals surface area contributed by atoms with Gasteiger partial charge in [-0.3, -0.25) is 9.59 Å². The standard InChI is InChI=1S/C16H22N2O3/c1-18(13-9-5-6-10-14(13)19)15(20)11-17-16(21)12-7-3-2-4-8-12/h2-4,7-8,13-14,19H,5-6,9-11H2,1H3,(H,17,21). The van der Waals surface area contributed by atoms with Gasteiger partial charge in [0.1, 0.15) is 0 Å². The molecule has 1 saturated carbocycles. The Hall–Kier alpha value is -1.88. The van der Waals surface area contributed by atoms with Crippen LogP contribution in [0.25, 0.3) is 0 Å². The van der Waals surface area contributed by atoms with Crippen molar-refractivity contribution in [3.05, 3.63) is 35.9 Å². The number of nitrogens with one attached hydrogen (secondary N) is 1. The fourth-order valence-electron chi connectivity index (χ4n) is 2.70. The Morgan fingerprint density at radius 1 is 1.24 bits per heavy atom. The molecule has 2 unspecified atom stereocenters. The van der Waals surface area contributed by atoms with E-state index in [1.165, 1.54) is 0 Å². The average Bonchev–Trinajstić information content (AvgIpc) is 2.53. The van der Waals surface area contributed by atoms with Gasteiger partial charge in [0.15, 0.2) is 0 Å². The van der Waals surface area contributed by atoms with Crippen molar-refractivity contribution in [3.63, 3.8) is 0 Å². The van der Waals surface area contributed by atoms with E-state index in [-0.39, 0.29) is 24.4 Å². The summed E-state index contributed by atoms with van der Waals surface area (Å²) in [7, 11) is 1.69. The van der Waals surface area contributed by atoms with Crippen LogP contribution < -0.4 is 5.32 Å². The van der Waals surface area contributed by atoms with Crippen LogP contribution in [0.3, 0.4) is 0 Å². The van der Waals surface area contributed by atoms with Crippen LogP contribution in [0.2, 0.25) is 0 Å². The number of nitrogens with zero attached hydrogens (tertiary/aromatic N) is 1. The molecule has 1 aromatic carbocycles. The van der Waals surface area contributed by atoms with E-state index in [0.29, 0.717) is 5.56 Å². The normalized spacial score (nSPS) is 21.6. The molecule has 0 saturated heterocycles. The molecule has 0 radical (unpaired) electrons. The van der Waals surface area contributed by atoms with Crippen LogP contribution in [0.15, 0.2) is 30.3 Å². The molecule has 0 heterocycles. The van der Waals surface area contributed by atoms with E-state index in [1.54, 1.807) is 36.2 Å². The van der Waals surface area contributed by atoms with Crippen molar-refractivity contribution in [2.45, 2.75) is 37.8 Å². The Labute approximate surface area is 125 Å². The molecule has 5 nitrogen and oxygen atoms in total. The number of aliphatic hydroxyl groups excluding tert-OH is 1. The molecule has 1 aliphatic carbocycles. The first-order chi connectivity index (χ1) is 10.1. The van der Waals surface area contributed by atoms with Crippen LogP contribution in [0.5, 0.6) is 0 Å². The van der Waals surface area contributed by atoms with E-state index in [9.17, 15) is 14.7 Å². The number of hydrogen-bond donors (Lipinski definition) is 2. The molecule has 1 aromatic rings. The van der Waals surface area contributed by atoms with Crippen molar-refractivity contribution in [1.82, 2.24) is 10.2 Å². The predicted molar refractivity (Wildman–Crippen MR) is 79.8 cm³/mol. The molecule has 2 N–H and O–H groups in total. The van der Waals surface area contributed by atoms with E-state index in [1.807, 2.05) is 6.07 Å². The summed E-state index contributed by atoms with van der Waals surface area (Å²) < 4.78 is 0. The molecule has 2 amide bonds. The van der Waals surface area contributed by atoms with Crippen molar-refractivity contribution < 1.29 is 14.7 Å². The maximum Gasteiger partial charge on any atom is 0.251 e. The summed E-state index contributed by atoms with van der Waals surface area (Å²) in [6.07, 6.45) is 3.12. The summed E-state index contributed by atoms with van der Waals surface area (Å²) in [6.45, 7) is -0.0482. The van der Waals surface area contributed by atoms with Crippen LogP contribution in [0.4, 0.5) is 0 Å².